The first kappa shape index (κ1) is 15.1. The second-order valence-electron chi connectivity index (χ2n) is 4.80. The monoisotopic (exact) mass is 294 g/mol. The average molecular weight is 294 g/mol. The number of nitriles is 2. The molecule has 0 amide bonds. The molecule has 0 aliphatic carbocycles. The topological polar surface area (TPSA) is 54.1 Å². The van der Waals surface area contributed by atoms with Crippen molar-refractivity contribution in [2.45, 2.75) is 6.18 Å². The van der Waals surface area contributed by atoms with Gasteiger partial charge in [0, 0.05) is 26.2 Å². The molecule has 0 saturated carbocycles. The molecule has 7 heteroatoms. The van der Waals surface area contributed by atoms with Crippen LogP contribution in [0.1, 0.15) is 11.1 Å². The summed E-state index contributed by atoms with van der Waals surface area (Å²) in [5.41, 5.74) is 1.27. The minimum Gasteiger partial charge on any atom is -0.367 e. The summed E-state index contributed by atoms with van der Waals surface area (Å²) in [6.07, 6.45) is -4.20. The maximum absolute atomic E-state index is 12.4. The van der Waals surface area contributed by atoms with E-state index in [-0.39, 0.29) is 13.1 Å². The number of para-hydroxylation sites is 1. The summed E-state index contributed by atoms with van der Waals surface area (Å²) >= 11 is 0. The van der Waals surface area contributed by atoms with Crippen LogP contribution >= 0.6 is 0 Å². The molecule has 0 atom stereocenters. The van der Waals surface area contributed by atoms with Gasteiger partial charge in [0.05, 0.1) is 23.4 Å². The van der Waals surface area contributed by atoms with Gasteiger partial charge in [-0.1, -0.05) is 6.07 Å². The predicted octanol–water partition coefficient (Wildman–Crippen LogP) is 2.11. The van der Waals surface area contributed by atoms with Crippen LogP contribution in [0.15, 0.2) is 18.2 Å². The van der Waals surface area contributed by atoms with Gasteiger partial charge >= 0.3 is 6.18 Å². The molecule has 1 aliphatic rings. The molecule has 1 aromatic rings. The van der Waals surface area contributed by atoms with Gasteiger partial charge in [-0.25, -0.2) is 0 Å². The lowest BCUT2D eigenvalue weighted by atomic mass is 10.1. The summed E-state index contributed by atoms with van der Waals surface area (Å²) in [4.78, 5) is 3.14. The first-order valence-electron chi connectivity index (χ1n) is 6.42. The van der Waals surface area contributed by atoms with Crippen molar-refractivity contribution in [3.63, 3.8) is 0 Å². The zero-order chi connectivity index (χ0) is 15.5. The van der Waals surface area contributed by atoms with Gasteiger partial charge in [0.2, 0.25) is 0 Å². The Kier molecular flexibility index (Phi) is 4.35. The van der Waals surface area contributed by atoms with E-state index in [0.717, 1.165) is 0 Å². The van der Waals surface area contributed by atoms with E-state index >= 15 is 0 Å². The van der Waals surface area contributed by atoms with Crippen molar-refractivity contribution in [2.24, 2.45) is 0 Å². The highest BCUT2D eigenvalue weighted by atomic mass is 19.4. The van der Waals surface area contributed by atoms with E-state index < -0.39 is 12.7 Å². The lowest BCUT2D eigenvalue weighted by Crippen LogP contribution is -2.49. The molecule has 2 rings (SSSR count). The lowest BCUT2D eigenvalue weighted by Gasteiger charge is -2.37. The van der Waals surface area contributed by atoms with Gasteiger partial charge in [0.15, 0.2) is 0 Å². The van der Waals surface area contributed by atoms with Crippen LogP contribution in [-0.4, -0.2) is 43.8 Å². The zero-order valence-corrected chi connectivity index (χ0v) is 11.2. The van der Waals surface area contributed by atoms with Crippen molar-refractivity contribution in [1.82, 2.24) is 4.90 Å². The highest BCUT2D eigenvalue weighted by Crippen LogP contribution is 2.26. The minimum absolute atomic E-state index is 0.254. The van der Waals surface area contributed by atoms with E-state index in [0.29, 0.717) is 29.9 Å². The van der Waals surface area contributed by atoms with E-state index in [1.165, 1.54) is 4.90 Å². The number of benzene rings is 1. The Morgan fingerprint density at radius 2 is 1.52 bits per heavy atom. The molecule has 0 bridgehead atoms. The number of hydrogen-bond donors (Lipinski definition) is 0. The quantitative estimate of drug-likeness (QED) is 0.838. The first-order valence-corrected chi connectivity index (χ1v) is 6.42. The van der Waals surface area contributed by atoms with Gasteiger partial charge in [-0.05, 0) is 12.1 Å². The van der Waals surface area contributed by atoms with Crippen LogP contribution in [0.5, 0.6) is 0 Å². The molecule has 21 heavy (non-hydrogen) atoms. The third kappa shape index (κ3) is 3.65. The Hall–Kier alpha value is -2.25. The average Bonchev–Trinajstić information content (AvgIpc) is 2.45. The van der Waals surface area contributed by atoms with Crippen LogP contribution in [0.2, 0.25) is 0 Å². The highest BCUT2D eigenvalue weighted by Gasteiger charge is 2.32. The molecular weight excluding hydrogens is 281 g/mol. The maximum Gasteiger partial charge on any atom is 0.401 e. The van der Waals surface area contributed by atoms with Crippen molar-refractivity contribution in [3.05, 3.63) is 29.3 Å². The van der Waals surface area contributed by atoms with Gasteiger partial charge in [-0.15, -0.1) is 0 Å². The number of anilines is 1. The summed E-state index contributed by atoms with van der Waals surface area (Å²) in [6.45, 7) is 0.313. The predicted molar refractivity (Wildman–Crippen MR) is 70.6 cm³/mol. The SMILES string of the molecule is N#Cc1cccc(C#N)c1N1CCN(CC(F)(F)F)CC1. The van der Waals surface area contributed by atoms with Crippen LogP contribution in [0.4, 0.5) is 18.9 Å². The van der Waals surface area contributed by atoms with E-state index in [9.17, 15) is 13.2 Å². The molecule has 1 saturated heterocycles. The summed E-state index contributed by atoms with van der Waals surface area (Å²) in [5.74, 6) is 0. The van der Waals surface area contributed by atoms with Crippen molar-refractivity contribution in [2.75, 3.05) is 37.6 Å². The van der Waals surface area contributed by atoms with Crippen LogP contribution in [0, 0.1) is 22.7 Å². The van der Waals surface area contributed by atoms with Gasteiger partial charge in [-0.2, -0.15) is 23.7 Å². The van der Waals surface area contributed by atoms with E-state index in [1.54, 1.807) is 18.2 Å². The molecule has 4 nitrogen and oxygen atoms in total. The Balaban J connectivity index is 2.13. The molecule has 1 aromatic carbocycles. The van der Waals surface area contributed by atoms with E-state index in [4.69, 9.17) is 10.5 Å². The Morgan fingerprint density at radius 1 is 1.00 bits per heavy atom. The van der Waals surface area contributed by atoms with Crippen LogP contribution in [0.3, 0.4) is 0 Å². The lowest BCUT2D eigenvalue weighted by molar-refractivity contribution is -0.146. The highest BCUT2D eigenvalue weighted by molar-refractivity contribution is 5.68. The van der Waals surface area contributed by atoms with Gasteiger partial charge in [0.1, 0.15) is 12.1 Å². The summed E-state index contributed by atoms with van der Waals surface area (Å²) in [5, 5.41) is 18.3. The first-order chi connectivity index (χ1) is 9.94. The smallest absolute Gasteiger partial charge is 0.367 e. The third-order valence-corrected chi connectivity index (χ3v) is 3.37. The molecule has 1 fully saturated rings. The van der Waals surface area contributed by atoms with Crippen molar-refractivity contribution >= 4 is 5.69 Å². The fourth-order valence-corrected chi connectivity index (χ4v) is 2.45. The molecule has 1 aliphatic heterocycles. The maximum atomic E-state index is 12.4. The molecule has 0 radical (unpaired) electrons. The molecule has 0 aromatic heterocycles. The molecule has 0 spiro atoms. The number of hydrogen-bond acceptors (Lipinski definition) is 4. The van der Waals surface area contributed by atoms with Crippen LogP contribution in [-0.2, 0) is 0 Å². The van der Waals surface area contributed by atoms with E-state index in [2.05, 4.69) is 0 Å². The van der Waals surface area contributed by atoms with Crippen LogP contribution < -0.4 is 4.90 Å². The number of rotatable bonds is 2. The third-order valence-electron chi connectivity index (χ3n) is 3.37. The fourth-order valence-electron chi connectivity index (χ4n) is 2.45. The van der Waals surface area contributed by atoms with Crippen molar-refractivity contribution < 1.29 is 13.2 Å². The fraction of sp³-hybridized carbons (Fsp3) is 0.429. The molecule has 0 unspecified atom stereocenters. The minimum atomic E-state index is -4.20. The number of nitrogens with zero attached hydrogens (tertiary/aromatic N) is 4. The van der Waals surface area contributed by atoms with Crippen molar-refractivity contribution in [1.29, 1.82) is 10.5 Å². The summed E-state index contributed by atoms with van der Waals surface area (Å²) in [6, 6.07) is 8.91. The van der Waals surface area contributed by atoms with Gasteiger partial charge in [-0.3, -0.25) is 4.90 Å². The number of halogens is 3. The van der Waals surface area contributed by atoms with Gasteiger partial charge < -0.3 is 4.90 Å². The second-order valence-corrected chi connectivity index (χ2v) is 4.80. The zero-order valence-electron chi connectivity index (χ0n) is 11.2. The second kappa shape index (κ2) is 6.02. The normalized spacial score (nSPS) is 16.3. The molecule has 1 heterocycles. The van der Waals surface area contributed by atoms with Gasteiger partial charge in [0.25, 0.3) is 0 Å². The summed E-state index contributed by atoms with van der Waals surface area (Å²) < 4.78 is 37.1. The van der Waals surface area contributed by atoms with Crippen molar-refractivity contribution in [3.8, 4) is 12.1 Å². The standard InChI is InChI=1S/C14H13F3N4/c15-14(16,17)10-20-4-6-21(7-5-20)13-11(8-18)2-1-3-12(13)9-19/h1-3H,4-7,10H2. The Labute approximate surface area is 120 Å². The number of alkyl halides is 3. The molecular formula is C14H13F3N4. The van der Waals surface area contributed by atoms with E-state index in [1.807, 2.05) is 17.0 Å². The Morgan fingerprint density at radius 3 is 1.95 bits per heavy atom. The van der Waals surface area contributed by atoms with Crippen LogP contribution in [0.25, 0.3) is 0 Å². The summed E-state index contributed by atoms with van der Waals surface area (Å²) in [7, 11) is 0. The largest absolute Gasteiger partial charge is 0.401 e. The molecule has 0 N–H and O–H groups in total. The Bertz CT molecular complexity index is 557. The number of piperazine rings is 1. The molecule has 110 valence electrons.